The van der Waals surface area contributed by atoms with Gasteiger partial charge in [0.25, 0.3) is 5.91 Å². The molecule has 0 spiro atoms. The minimum atomic E-state index is -0.916. The molecule has 1 aliphatic rings. The molecule has 1 saturated heterocycles. The number of alkyl halides is 1. The maximum absolute atomic E-state index is 13.3. The van der Waals surface area contributed by atoms with E-state index in [2.05, 4.69) is 20.8 Å². The van der Waals surface area contributed by atoms with Gasteiger partial charge in [-0.25, -0.2) is 4.39 Å². The lowest BCUT2D eigenvalue weighted by Crippen LogP contribution is -2.41. The second-order valence-electron chi connectivity index (χ2n) is 6.34. The molecule has 2 heterocycles. The third-order valence-corrected chi connectivity index (χ3v) is 4.12. The number of hydrogen-bond acceptors (Lipinski definition) is 5. The highest BCUT2D eigenvalue weighted by Gasteiger charge is 2.33. The number of aromatic nitrogens is 2. The summed E-state index contributed by atoms with van der Waals surface area (Å²) in [5.74, 6) is 0.365. The monoisotopic (exact) mass is 352 g/mol. The zero-order chi connectivity index (χ0) is 17.3. The number of rotatable bonds is 4. The largest absolute Gasteiger partial charge is 0.340 e. The summed E-state index contributed by atoms with van der Waals surface area (Å²) in [4.78, 5) is 16.7. The zero-order valence-electron chi connectivity index (χ0n) is 13.3. The van der Waals surface area contributed by atoms with Gasteiger partial charge >= 0.3 is 0 Å². The Hall–Kier alpha value is -1.99. The molecule has 1 aromatic carbocycles. The van der Waals surface area contributed by atoms with Crippen LogP contribution in [0.2, 0.25) is 5.02 Å². The molecule has 1 aromatic heterocycles. The fourth-order valence-electron chi connectivity index (χ4n) is 2.55. The summed E-state index contributed by atoms with van der Waals surface area (Å²) in [6, 6.07) is 6.36. The summed E-state index contributed by atoms with van der Waals surface area (Å²) >= 11 is 5.91. The van der Waals surface area contributed by atoms with Crippen molar-refractivity contribution in [1.29, 1.82) is 0 Å². The van der Waals surface area contributed by atoms with E-state index in [0.717, 1.165) is 0 Å². The van der Waals surface area contributed by atoms with E-state index in [1.54, 1.807) is 38.1 Å². The molecular formula is C16H18ClFN4O2. The number of hydrogen-bond donors (Lipinski definition) is 2. The number of amides is 1. The third kappa shape index (κ3) is 3.57. The van der Waals surface area contributed by atoms with Crippen LogP contribution in [0.5, 0.6) is 0 Å². The highest BCUT2D eigenvalue weighted by molar-refractivity contribution is 6.30. The van der Waals surface area contributed by atoms with Gasteiger partial charge in [0.15, 0.2) is 5.82 Å². The van der Waals surface area contributed by atoms with Crippen molar-refractivity contribution in [3.8, 4) is 0 Å². The minimum Gasteiger partial charge on any atom is -0.340 e. The predicted octanol–water partition coefficient (Wildman–Crippen LogP) is 2.76. The number of carbonyl (C=O) groups is 1. The van der Waals surface area contributed by atoms with Crippen molar-refractivity contribution in [2.24, 2.45) is 0 Å². The molecule has 2 N–H and O–H groups in total. The van der Waals surface area contributed by atoms with E-state index in [4.69, 9.17) is 16.1 Å². The van der Waals surface area contributed by atoms with E-state index in [1.807, 2.05) is 0 Å². The smallest absolute Gasteiger partial charge is 0.252 e. The van der Waals surface area contributed by atoms with Crippen LogP contribution in [0.15, 0.2) is 28.8 Å². The van der Waals surface area contributed by atoms with Gasteiger partial charge in [-0.2, -0.15) is 4.98 Å². The van der Waals surface area contributed by atoms with Crippen molar-refractivity contribution in [2.45, 2.75) is 38.0 Å². The lowest BCUT2D eigenvalue weighted by atomic mass is 10.0. The van der Waals surface area contributed by atoms with E-state index in [9.17, 15) is 9.18 Å². The molecule has 1 aliphatic heterocycles. The van der Waals surface area contributed by atoms with E-state index in [0.29, 0.717) is 28.7 Å². The highest BCUT2D eigenvalue weighted by Crippen LogP contribution is 2.26. The van der Waals surface area contributed by atoms with Crippen LogP contribution in [0.4, 0.5) is 4.39 Å². The van der Waals surface area contributed by atoms with Crippen LogP contribution < -0.4 is 10.6 Å². The van der Waals surface area contributed by atoms with E-state index in [-0.39, 0.29) is 18.5 Å². The Labute approximate surface area is 143 Å². The number of nitrogens with one attached hydrogen (secondary N) is 2. The van der Waals surface area contributed by atoms with Crippen molar-refractivity contribution in [1.82, 2.24) is 20.8 Å². The van der Waals surface area contributed by atoms with E-state index < -0.39 is 11.7 Å². The standard InChI is InChI=1S/C16H18ClFN4O2/c1-16(2,21-13(23)9-4-3-5-10(17)6-9)15-20-14(24-22-15)12-7-11(18)8-19-12/h3-6,11-12,19H,7-8H2,1-2H3,(H,21,23)/t11-,12+/m0/s1. The Morgan fingerprint density at radius 1 is 1.50 bits per heavy atom. The highest BCUT2D eigenvalue weighted by atomic mass is 35.5. The Kier molecular flexibility index (Phi) is 4.56. The van der Waals surface area contributed by atoms with Gasteiger partial charge in [0.2, 0.25) is 5.89 Å². The number of benzene rings is 1. The fourth-order valence-corrected chi connectivity index (χ4v) is 2.74. The second-order valence-corrected chi connectivity index (χ2v) is 6.78. The van der Waals surface area contributed by atoms with Gasteiger partial charge in [-0.05, 0) is 32.0 Å². The van der Waals surface area contributed by atoms with Crippen molar-refractivity contribution >= 4 is 17.5 Å². The van der Waals surface area contributed by atoms with Crippen LogP contribution in [0.1, 0.15) is 48.4 Å². The summed E-state index contributed by atoms with van der Waals surface area (Å²) in [6.45, 7) is 3.81. The van der Waals surface area contributed by atoms with Gasteiger partial charge in [-0.3, -0.25) is 4.79 Å². The van der Waals surface area contributed by atoms with Crippen LogP contribution in [0.3, 0.4) is 0 Å². The van der Waals surface area contributed by atoms with Gasteiger partial charge in [-0.1, -0.05) is 22.8 Å². The fraction of sp³-hybridized carbons (Fsp3) is 0.438. The first-order valence-corrected chi connectivity index (χ1v) is 8.02. The van der Waals surface area contributed by atoms with Crippen LogP contribution in [-0.2, 0) is 5.54 Å². The van der Waals surface area contributed by atoms with Gasteiger partial charge in [-0.15, -0.1) is 0 Å². The Morgan fingerprint density at radius 3 is 2.96 bits per heavy atom. The molecule has 3 rings (SSSR count). The zero-order valence-corrected chi connectivity index (χ0v) is 14.1. The first-order valence-electron chi connectivity index (χ1n) is 7.65. The molecule has 0 unspecified atom stereocenters. The Morgan fingerprint density at radius 2 is 2.29 bits per heavy atom. The maximum atomic E-state index is 13.3. The lowest BCUT2D eigenvalue weighted by Gasteiger charge is -2.22. The lowest BCUT2D eigenvalue weighted by molar-refractivity contribution is 0.0907. The molecule has 0 saturated carbocycles. The first-order chi connectivity index (χ1) is 11.3. The maximum Gasteiger partial charge on any atom is 0.252 e. The Bertz CT molecular complexity index is 749. The van der Waals surface area contributed by atoms with Crippen molar-refractivity contribution in [3.63, 3.8) is 0 Å². The van der Waals surface area contributed by atoms with Crippen LogP contribution in [-0.4, -0.2) is 28.8 Å². The molecule has 1 fully saturated rings. The molecule has 0 aliphatic carbocycles. The van der Waals surface area contributed by atoms with Crippen LogP contribution in [0, 0.1) is 0 Å². The molecule has 1 amide bonds. The minimum absolute atomic E-state index is 0.275. The summed E-state index contributed by atoms with van der Waals surface area (Å²) in [6.07, 6.45) is -0.613. The van der Waals surface area contributed by atoms with Crippen LogP contribution in [0.25, 0.3) is 0 Å². The quantitative estimate of drug-likeness (QED) is 0.884. The molecular weight excluding hydrogens is 335 g/mol. The summed E-state index contributed by atoms with van der Waals surface area (Å²) in [7, 11) is 0. The van der Waals surface area contributed by atoms with Crippen molar-refractivity contribution in [2.75, 3.05) is 6.54 Å². The first kappa shape index (κ1) is 16.9. The predicted molar refractivity (Wildman–Crippen MR) is 86.5 cm³/mol. The molecule has 24 heavy (non-hydrogen) atoms. The molecule has 2 atom stereocenters. The molecule has 8 heteroatoms. The number of halogens is 2. The van der Waals surface area contributed by atoms with Gasteiger partial charge in [0.05, 0.1) is 11.6 Å². The molecule has 6 nitrogen and oxygen atoms in total. The number of carbonyl (C=O) groups excluding carboxylic acids is 1. The molecule has 0 bridgehead atoms. The second kappa shape index (κ2) is 6.49. The van der Waals surface area contributed by atoms with Gasteiger partial charge in [0, 0.05) is 23.6 Å². The Balaban J connectivity index is 1.73. The third-order valence-electron chi connectivity index (χ3n) is 3.89. The van der Waals surface area contributed by atoms with Crippen LogP contribution >= 0.6 is 11.6 Å². The van der Waals surface area contributed by atoms with E-state index in [1.165, 1.54) is 0 Å². The summed E-state index contributed by atoms with van der Waals surface area (Å²) in [5.41, 5.74) is -0.411. The normalized spacial score (nSPS) is 21.0. The van der Waals surface area contributed by atoms with Crippen molar-refractivity contribution < 1.29 is 13.7 Å². The molecule has 128 valence electrons. The molecule has 2 aromatic rings. The molecule has 0 radical (unpaired) electrons. The topological polar surface area (TPSA) is 80.0 Å². The van der Waals surface area contributed by atoms with Gasteiger partial charge < -0.3 is 15.2 Å². The average Bonchev–Trinajstić information content (AvgIpc) is 3.15. The SMILES string of the molecule is CC(C)(NC(=O)c1cccc(Cl)c1)c1noc([C@H]2C[C@H](F)CN2)n1. The summed E-state index contributed by atoms with van der Waals surface area (Å²) in [5, 5.41) is 10.3. The summed E-state index contributed by atoms with van der Waals surface area (Å²) < 4.78 is 18.5. The average molecular weight is 353 g/mol. The number of nitrogens with zero attached hydrogens (tertiary/aromatic N) is 2. The van der Waals surface area contributed by atoms with Gasteiger partial charge in [0.1, 0.15) is 6.17 Å². The van der Waals surface area contributed by atoms with E-state index >= 15 is 0 Å². The van der Waals surface area contributed by atoms with Crippen molar-refractivity contribution in [3.05, 3.63) is 46.6 Å².